The summed E-state index contributed by atoms with van der Waals surface area (Å²) in [5.74, 6) is 0.664. The molecule has 0 aromatic carbocycles. The molecule has 0 spiro atoms. The van der Waals surface area contributed by atoms with Gasteiger partial charge in [0.15, 0.2) is 0 Å². The third-order valence-electron chi connectivity index (χ3n) is 2.58. The summed E-state index contributed by atoms with van der Waals surface area (Å²) in [6.45, 7) is 4.49. The minimum atomic E-state index is 0.664. The van der Waals surface area contributed by atoms with Crippen molar-refractivity contribution in [3.05, 3.63) is 48.3 Å². The highest BCUT2D eigenvalue weighted by Crippen LogP contribution is 2.23. The lowest BCUT2D eigenvalue weighted by atomic mass is 10.0. The van der Waals surface area contributed by atoms with E-state index in [1.54, 1.807) is 0 Å². The first-order valence-electron chi connectivity index (χ1n) is 5.83. The molecule has 0 radical (unpaired) electrons. The molecule has 16 heavy (non-hydrogen) atoms. The second-order valence-electron chi connectivity index (χ2n) is 4.50. The Kier molecular flexibility index (Phi) is 3.40. The lowest BCUT2D eigenvalue weighted by Gasteiger charge is -2.11. The van der Waals surface area contributed by atoms with E-state index in [0.717, 1.165) is 12.8 Å². The number of aromatic nitrogens is 2. The highest BCUT2D eigenvalue weighted by molar-refractivity contribution is 5.64. The Morgan fingerprint density at radius 3 is 2.81 bits per heavy atom. The van der Waals surface area contributed by atoms with Crippen LogP contribution in [0.3, 0.4) is 0 Å². The average molecular weight is 214 g/mol. The molecule has 0 amide bonds. The van der Waals surface area contributed by atoms with Gasteiger partial charge in [-0.1, -0.05) is 32.1 Å². The third-order valence-corrected chi connectivity index (χ3v) is 2.58. The minimum Gasteiger partial charge on any atom is -0.241 e. The van der Waals surface area contributed by atoms with Crippen LogP contribution in [0, 0.1) is 5.92 Å². The van der Waals surface area contributed by atoms with E-state index in [-0.39, 0.29) is 0 Å². The number of hydrogen-bond donors (Lipinski definition) is 0. The maximum Gasteiger partial charge on any atom is 0.0674 e. The predicted molar refractivity (Wildman–Crippen MR) is 67.8 cm³/mol. The van der Waals surface area contributed by atoms with Crippen molar-refractivity contribution in [3.8, 4) is 0 Å². The van der Waals surface area contributed by atoms with Crippen LogP contribution >= 0.6 is 0 Å². The fourth-order valence-corrected chi connectivity index (χ4v) is 1.91. The Morgan fingerprint density at radius 1 is 1.31 bits per heavy atom. The van der Waals surface area contributed by atoms with Crippen molar-refractivity contribution < 1.29 is 0 Å². The summed E-state index contributed by atoms with van der Waals surface area (Å²) in [5.41, 5.74) is 2.57. The molecule has 0 fully saturated rings. The van der Waals surface area contributed by atoms with Crippen molar-refractivity contribution in [1.29, 1.82) is 0 Å². The number of nitrogens with zero attached hydrogens (tertiary/aromatic N) is 2. The van der Waals surface area contributed by atoms with Gasteiger partial charge in [0.1, 0.15) is 0 Å². The molecule has 0 saturated heterocycles. The van der Waals surface area contributed by atoms with Gasteiger partial charge in [-0.3, -0.25) is 0 Å². The SMILES string of the molecule is CC(C)CC1=C(n2cccn2)C=CCC=C1. The summed E-state index contributed by atoms with van der Waals surface area (Å²) >= 11 is 0. The van der Waals surface area contributed by atoms with Gasteiger partial charge >= 0.3 is 0 Å². The molecule has 1 aromatic rings. The molecule has 2 rings (SSSR count). The fourth-order valence-electron chi connectivity index (χ4n) is 1.91. The van der Waals surface area contributed by atoms with E-state index in [2.05, 4.69) is 43.3 Å². The second kappa shape index (κ2) is 4.97. The van der Waals surface area contributed by atoms with Gasteiger partial charge in [0.25, 0.3) is 0 Å². The summed E-state index contributed by atoms with van der Waals surface area (Å²) in [5, 5.41) is 4.31. The molecule has 1 aliphatic carbocycles. The van der Waals surface area contributed by atoms with E-state index in [1.807, 2.05) is 23.1 Å². The van der Waals surface area contributed by atoms with Crippen LogP contribution < -0.4 is 0 Å². The van der Waals surface area contributed by atoms with E-state index < -0.39 is 0 Å². The van der Waals surface area contributed by atoms with E-state index in [0.29, 0.717) is 5.92 Å². The standard InChI is InChI=1S/C14H18N2/c1-12(2)11-13-7-4-3-5-8-14(13)16-10-6-9-15-16/h4-10,12H,3,11H2,1-2H3. The molecule has 1 aromatic heterocycles. The molecule has 1 aliphatic rings. The zero-order valence-electron chi connectivity index (χ0n) is 9.93. The van der Waals surface area contributed by atoms with Crippen molar-refractivity contribution >= 4 is 5.70 Å². The molecule has 0 atom stereocenters. The van der Waals surface area contributed by atoms with E-state index in [4.69, 9.17) is 0 Å². The lowest BCUT2D eigenvalue weighted by molar-refractivity contribution is 0.648. The van der Waals surface area contributed by atoms with E-state index in [9.17, 15) is 0 Å². The molecule has 0 unspecified atom stereocenters. The van der Waals surface area contributed by atoms with Crippen molar-refractivity contribution in [2.24, 2.45) is 5.92 Å². The number of rotatable bonds is 3. The normalized spacial score (nSPS) is 15.9. The van der Waals surface area contributed by atoms with Gasteiger partial charge in [-0.15, -0.1) is 0 Å². The van der Waals surface area contributed by atoms with E-state index >= 15 is 0 Å². The number of hydrogen-bond acceptors (Lipinski definition) is 1. The van der Waals surface area contributed by atoms with Crippen LogP contribution in [0.1, 0.15) is 26.7 Å². The number of allylic oxidation sites excluding steroid dienone is 6. The van der Waals surface area contributed by atoms with Gasteiger partial charge in [-0.2, -0.15) is 5.10 Å². The second-order valence-corrected chi connectivity index (χ2v) is 4.50. The monoisotopic (exact) mass is 214 g/mol. The van der Waals surface area contributed by atoms with Gasteiger partial charge in [0, 0.05) is 12.4 Å². The molecule has 0 N–H and O–H groups in total. The Labute approximate surface area is 97.0 Å². The van der Waals surface area contributed by atoms with Crippen LogP contribution in [-0.4, -0.2) is 9.78 Å². The molecule has 0 saturated carbocycles. The minimum absolute atomic E-state index is 0.664. The quantitative estimate of drug-likeness (QED) is 0.751. The summed E-state index contributed by atoms with van der Waals surface area (Å²) < 4.78 is 1.95. The summed E-state index contributed by atoms with van der Waals surface area (Å²) in [6.07, 6.45) is 14.7. The smallest absolute Gasteiger partial charge is 0.0674 e. The van der Waals surface area contributed by atoms with Crippen LogP contribution in [0.4, 0.5) is 0 Å². The summed E-state index contributed by atoms with van der Waals surface area (Å²) in [4.78, 5) is 0. The van der Waals surface area contributed by atoms with Crippen LogP contribution in [0.2, 0.25) is 0 Å². The Hall–Kier alpha value is -1.57. The summed E-state index contributed by atoms with van der Waals surface area (Å²) in [6, 6.07) is 1.96. The highest BCUT2D eigenvalue weighted by atomic mass is 15.3. The van der Waals surface area contributed by atoms with Crippen molar-refractivity contribution in [3.63, 3.8) is 0 Å². The first-order valence-corrected chi connectivity index (χ1v) is 5.83. The van der Waals surface area contributed by atoms with Crippen molar-refractivity contribution in [2.45, 2.75) is 26.7 Å². The van der Waals surface area contributed by atoms with E-state index in [1.165, 1.54) is 11.3 Å². The van der Waals surface area contributed by atoms with Crippen LogP contribution in [0.25, 0.3) is 5.70 Å². The lowest BCUT2D eigenvalue weighted by Crippen LogP contribution is -2.00. The Morgan fingerprint density at radius 2 is 2.12 bits per heavy atom. The predicted octanol–water partition coefficient (Wildman–Crippen LogP) is 3.66. The zero-order chi connectivity index (χ0) is 11.4. The topological polar surface area (TPSA) is 17.8 Å². The molecule has 2 nitrogen and oxygen atoms in total. The maximum absolute atomic E-state index is 4.31. The third kappa shape index (κ3) is 2.51. The van der Waals surface area contributed by atoms with Gasteiger partial charge < -0.3 is 0 Å². The van der Waals surface area contributed by atoms with Gasteiger partial charge in [-0.25, -0.2) is 4.68 Å². The first kappa shape index (κ1) is 10.9. The maximum atomic E-state index is 4.31. The summed E-state index contributed by atoms with van der Waals surface area (Å²) in [7, 11) is 0. The van der Waals surface area contributed by atoms with Crippen LogP contribution in [0.15, 0.2) is 48.3 Å². The first-order chi connectivity index (χ1) is 7.77. The fraction of sp³-hybridized carbons (Fsp3) is 0.357. The highest BCUT2D eigenvalue weighted by Gasteiger charge is 2.08. The largest absolute Gasteiger partial charge is 0.241 e. The van der Waals surface area contributed by atoms with Gasteiger partial charge in [0.2, 0.25) is 0 Å². The zero-order valence-corrected chi connectivity index (χ0v) is 9.93. The van der Waals surface area contributed by atoms with Crippen molar-refractivity contribution in [1.82, 2.24) is 9.78 Å². The van der Waals surface area contributed by atoms with Crippen molar-refractivity contribution in [2.75, 3.05) is 0 Å². The van der Waals surface area contributed by atoms with Crippen LogP contribution in [-0.2, 0) is 0 Å². The van der Waals surface area contributed by atoms with Crippen LogP contribution in [0.5, 0.6) is 0 Å². The molecule has 2 heteroatoms. The van der Waals surface area contributed by atoms with Gasteiger partial charge in [0.05, 0.1) is 5.70 Å². The average Bonchev–Trinajstić information content (AvgIpc) is 2.66. The Balaban J connectivity index is 2.40. The molecule has 1 heterocycles. The molecule has 0 bridgehead atoms. The molecule has 0 aliphatic heterocycles. The Bertz CT molecular complexity index is 420. The molecular formula is C14H18N2. The molecule has 84 valence electrons. The van der Waals surface area contributed by atoms with Gasteiger partial charge in [-0.05, 0) is 36.5 Å². The molecular weight excluding hydrogens is 196 g/mol.